The molecule has 0 aliphatic rings. The van der Waals surface area contributed by atoms with E-state index in [4.69, 9.17) is 5.10 Å². The highest BCUT2D eigenvalue weighted by Gasteiger charge is 2.16. The normalized spacial score (nSPS) is 12.9. The summed E-state index contributed by atoms with van der Waals surface area (Å²) in [6.45, 7) is 2.27. The first-order valence-electron chi connectivity index (χ1n) is 8.36. The Bertz CT molecular complexity index is 544. The minimum Gasteiger partial charge on any atom is -0.312 e. The highest BCUT2D eigenvalue weighted by atomic mass is 15.3. The second kappa shape index (κ2) is 8.18. The molecule has 0 bridgehead atoms. The average Bonchev–Trinajstić information content (AvgIpc) is 2.84. The fraction of sp³-hybridized carbons (Fsp3) is 0.611. The van der Waals surface area contributed by atoms with Crippen molar-refractivity contribution in [1.82, 2.24) is 15.1 Å². The summed E-state index contributed by atoms with van der Waals surface area (Å²) in [6.07, 6.45) is 9.23. The molecule has 0 radical (unpaired) electrons. The van der Waals surface area contributed by atoms with E-state index in [0.717, 1.165) is 0 Å². The molecule has 3 nitrogen and oxygen atoms in total. The van der Waals surface area contributed by atoms with Crippen LogP contribution >= 0.6 is 0 Å². The number of aryl methyl sites for hydroxylation is 1. The third kappa shape index (κ3) is 4.07. The monoisotopic (exact) mass is 287 g/mol. The average molecular weight is 287 g/mol. The minimum absolute atomic E-state index is 0.363. The SMILES string of the molecule is CCCCCCCCC(NC)c1nn(C)c2ccccc12. The lowest BCUT2D eigenvalue weighted by Crippen LogP contribution is -2.17. The molecule has 3 heteroatoms. The molecule has 0 aliphatic carbocycles. The largest absolute Gasteiger partial charge is 0.312 e. The third-order valence-electron chi connectivity index (χ3n) is 4.31. The lowest BCUT2D eigenvalue weighted by atomic mass is 10.0. The highest BCUT2D eigenvalue weighted by molar-refractivity contribution is 5.82. The summed E-state index contributed by atoms with van der Waals surface area (Å²) >= 11 is 0. The van der Waals surface area contributed by atoms with Crippen LogP contribution in [0.4, 0.5) is 0 Å². The number of hydrogen-bond acceptors (Lipinski definition) is 2. The molecular weight excluding hydrogens is 258 g/mol. The summed E-state index contributed by atoms with van der Waals surface area (Å²) in [5, 5.41) is 9.48. The van der Waals surface area contributed by atoms with Gasteiger partial charge in [-0.3, -0.25) is 4.68 Å². The molecule has 1 aromatic heterocycles. The van der Waals surface area contributed by atoms with Crippen molar-refractivity contribution in [2.45, 2.75) is 57.9 Å². The Balaban J connectivity index is 1.96. The Labute approximate surface area is 128 Å². The van der Waals surface area contributed by atoms with Crippen molar-refractivity contribution in [1.29, 1.82) is 0 Å². The molecule has 0 amide bonds. The molecule has 0 saturated carbocycles. The summed E-state index contributed by atoms with van der Waals surface area (Å²) in [6, 6.07) is 8.87. The summed E-state index contributed by atoms with van der Waals surface area (Å²) < 4.78 is 2.00. The van der Waals surface area contributed by atoms with Crippen LogP contribution in [-0.2, 0) is 7.05 Å². The van der Waals surface area contributed by atoms with E-state index in [-0.39, 0.29) is 0 Å². The number of unbranched alkanes of at least 4 members (excludes halogenated alkanes) is 5. The zero-order chi connectivity index (χ0) is 15.1. The third-order valence-corrected chi connectivity index (χ3v) is 4.31. The maximum Gasteiger partial charge on any atom is 0.0872 e. The first kappa shape index (κ1) is 16.0. The van der Waals surface area contributed by atoms with Crippen LogP contribution in [-0.4, -0.2) is 16.8 Å². The fourth-order valence-corrected chi connectivity index (χ4v) is 3.05. The van der Waals surface area contributed by atoms with Crippen molar-refractivity contribution in [3.63, 3.8) is 0 Å². The molecule has 2 rings (SSSR count). The van der Waals surface area contributed by atoms with E-state index < -0.39 is 0 Å². The van der Waals surface area contributed by atoms with E-state index in [1.165, 1.54) is 61.5 Å². The van der Waals surface area contributed by atoms with Crippen molar-refractivity contribution in [2.24, 2.45) is 7.05 Å². The van der Waals surface area contributed by atoms with Gasteiger partial charge < -0.3 is 5.32 Å². The van der Waals surface area contributed by atoms with Gasteiger partial charge in [0.25, 0.3) is 0 Å². The van der Waals surface area contributed by atoms with Crippen LogP contribution < -0.4 is 5.32 Å². The zero-order valence-corrected chi connectivity index (χ0v) is 13.7. The van der Waals surface area contributed by atoms with Gasteiger partial charge in [0.05, 0.1) is 17.3 Å². The van der Waals surface area contributed by atoms with Crippen LogP contribution in [0.25, 0.3) is 10.9 Å². The van der Waals surface area contributed by atoms with Crippen LogP contribution in [0.5, 0.6) is 0 Å². The molecule has 116 valence electrons. The second-order valence-electron chi connectivity index (χ2n) is 5.92. The molecule has 0 aliphatic heterocycles. The van der Waals surface area contributed by atoms with E-state index in [1.54, 1.807) is 0 Å². The van der Waals surface area contributed by atoms with E-state index in [9.17, 15) is 0 Å². The Morgan fingerprint density at radius 2 is 1.81 bits per heavy atom. The van der Waals surface area contributed by atoms with Crippen molar-refractivity contribution in [3.8, 4) is 0 Å². The van der Waals surface area contributed by atoms with Gasteiger partial charge in [0.2, 0.25) is 0 Å². The maximum absolute atomic E-state index is 4.74. The van der Waals surface area contributed by atoms with Gasteiger partial charge in [0.1, 0.15) is 0 Å². The van der Waals surface area contributed by atoms with Gasteiger partial charge in [-0.05, 0) is 19.5 Å². The van der Waals surface area contributed by atoms with Gasteiger partial charge >= 0.3 is 0 Å². The number of aromatic nitrogens is 2. The predicted molar refractivity (Wildman–Crippen MR) is 90.5 cm³/mol. The van der Waals surface area contributed by atoms with Crippen molar-refractivity contribution >= 4 is 10.9 Å². The molecule has 0 saturated heterocycles. The van der Waals surface area contributed by atoms with Crippen molar-refractivity contribution in [3.05, 3.63) is 30.0 Å². The minimum atomic E-state index is 0.363. The van der Waals surface area contributed by atoms with E-state index in [0.29, 0.717) is 6.04 Å². The van der Waals surface area contributed by atoms with Crippen LogP contribution in [0.15, 0.2) is 24.3 Å². The number of fused-ring (bicyclic) bond motifs is 1. The molecular formula is C18H29N3. The zero-order valence-electron chi connectivity index (χ0n) is 13.7. The summed E-state index contributed by atoms with van der Waals surface area (Å²) in [4.78, 5) is 0. The predicted octanol–water partition coefficient (Wildman–Crippen LogP) is 4.58. The summed E-state index contributed by atoms with van der Waals surface area (Å²) in [7, 11) is 4.08. The van der Waals surface area contributed by atoms with Gasteiger partial charge in [-0.25, -0.2) is 0 Å². The van der Waals surface area contributed by atoms with Gasteiger partial charge in [0.15, 0.2) is 0 Å². The van der Waals surface area contributed by atoms with Crippen LogP contribution in [0.2, 0.25) is 0 Å². The lowest BCUT2D eigenvalue weighted by Gasteiger charge is -2.14. The molecule has 21 heavy (non-hydrogen) atoms. The van der Waals surface area contributed by atoms with E-state index >= 15 is 0 Å². The van der Waals surface area contributed by atoms with Gasteiger partial charge in [0, 0.05) is 12.4 Å². The molecule has 1 heterocycles. The van der Waals surface area contributed by atoms with Gasteiger partial charge in [-0.2, -0.15) is 5.10 Å². The molecule has 1 unspecified atom stereocenters. The van der Waals surface area contributed by atoms with Crippen LogP contribution in [0.3, 0.4) is 0 Å². The molecule has 1 N–H and O–H groups in total. The summed E-state index contributed by atoms with van der Waals surface area (Å²) in [5.41, 5.74) is 2.42. The van der Waals surface area contributed by atoms with Crippen molar-refractivity contribution < 1.29 is 0 Å². The maximum atomic E-state index is 4.74. The second-order valence-corrected chi connectivity index (χ2v) is 5.92. The number of nitrogens with one attached hydrogen (secondary N) is 1. The molecule has 1 atom stereocenters. The lowest BCUT2D eigenvalue weighted by molar-refractivity contribution is 0.487. The quantitative estimate of drug-likeness (QED) is 0.684. The number of para-hydroxylation sites is 1. The van der Waals surface area contributed by atoms with E-state index in [1.807, 2.05) is 18.8 Å². The number of nitrogens with zero attached hydrogens (tertiary/aromatic N) is 2. The Morgan fingerprint density at radius 3 is 2.57 bits per heavy atom. The van der Waals surface area contributed by atoms with Crippen LogP contribution in [0, 0.1) is 0 Å². The van der Waals surface area contributed by atoms with Crippen molar-refractivity contribution in [2.75, 3.05) is 7.05 Å². The van der Waals surface area contributed by atoms with Gasteiger partial charge in [-0.1, -0.05) is 63.6 Å². The van der Waals surface area contributed by atoms with Crippen LogP contribution in [0.1, 0.15) is 63.6 Å². The number of benzene rings is 1. The molecule has 0 fully saturated rings. The number of hydrogen-bond donors (Lipinski definition) is 1. The first-order chi connectivity index (χ1) is 10.3. The van der Waals surface area contributed by atoms with Gasteiger partial charge in [-0.15, -0.1) is 0 Å². The Morgan fingerprint density at radius 1 is 1.10 bits per heavy atom. The Hall–Kier alpha value is -1.35. The highest BCUT2D eigenvalue weighted by Crippen LogP contribution is 2.26. The Kier molecular flexibility index (Phi) is 6.24. The number of rotatable bonds is 9. The standard InChI is InChI=1S/C18H29N3/c1-4-5-6-7-8-9-13-16(19-2)18-15-12-10-11-14-17(15)21(3)20-18/h10-12,14,16,19H,4-9,13H2,1-3H3. The molecule has 1 aromatic carbocycles. The smallest absolute Gasteiger partial charge is 0.0872 e. The van der Waals surface area contributed by atoms with E-state index in [2.05, 4.69) is 36.5 Å². The first-order valence-corrected chi connectivity index (χ1v) is 8.36. The fourth-order valence-electron chi connectivity index (χ4n) is 3.05. The topological polar surface area (TPSA) is 29.9 Å². The summed E-state index contributed by atoms with van der Waals surface area (Å²) in [5.74, 6) is 0. The molecule has 2 aromatic rings. The molecule has 0 spiro atoms.